The zero-order chi connectivity index (χ0) is 13.1. The number of rotatable bonds is 3. The molecule has 6 heteroatoms. The van der Waals surface area contributed by atoms with Crippen LogP contribution in [0.4, 0.5) is 10.7 Å². The lowest BCUT2D eigenvalue weighted by Gasteiger charge is -2.04. The summed E-state index contributed by atoms with van der Waals surface area (Å²) < 4.78 is 4.11. The van der Waals surface area contributed by atoms with Crippen molar-refractivity contribution in [2.75, 3.05) is 5.32 Å². The number of primary amides is 1. The quantitative estimate of drug-likeness (QED) is 0.882. The third-order valence-electron chi connectivity index (χ3n) is 2.40. The van der Waals surface area contributed by atoms with Crippen molar-refractivity contribution < 1.29 is 4.79 Å². The predicted molar refractivity (Wildman–Crippen MR) is 69.8 cm³/mol. The summed E-state index contributed by atoms with van der Waals surface area (Å²) in [4.78, 5) is 10.9. The number of nitriles is 1. The van der Waals surface area contributed by atoms with E-state index in [0.717, 1.165) is 5.69 Å². The number of nitrogens with one attached hydrogen (secondary N) is 1. The molecule has 0 unspecified atom stereocenters. The molecular formula is C12H10N4OS. The minimum Gasteiger partial charge on any atom is -0.366 e. The molecular weight excluding hydrogens is 248 g/mol. The van der Waals surface area contributed by atoms with E-state index in [1.54, 1.807) is 31.2 Å². The highest BCUT2D eigenvalue weighted by Crippen LogP contribution is 2.27. The minimum absolute atomic E-state index is 0.446. The molecule has 18 heavy (non-hydrogen) atoms. The summed E-state index contributed by atoms with van der Waals surface area (Å²) in [5, 5.41) is 12.8. The standard InChI is InChI=1S/C12H10N4OS/c1-7-10(6-13)12(18-16-7)15-9-4-2-8(3-5-9)11(14)17/h2-5,15H,1H3,(H2,14,17). The van der Waals surface area contributed by atoms with Crippen LogP contribution in [0.25, 0.3) is 0 Å². The first-order valence-electron chi connectivity index (χ1n) is 5.15. The molecule has 5 nitrogen and oxygen atoms in total. The number of anilines is 2. The highest BCUT2D eigenvalue weighted by molar-refractivity contribution is 7.10. The molecule has 0 aliphatic rings. The Hall–Kier alpha value is -2.39. The van der Waals surface area contributed by atoms with Crippen LogP contribution in [-0.4, -0.2) is 10.3 Å². The van der Waals surface area contributed by atoms with Gasteiger partial charge >= 0.3 is 0 Å². The van der Waals surface area contributed by atoms with Crippen molar-refractivity contribution in [3.05, 3.63) is 41.1 Å². The van der Waals surface area contributed by atoms with Crippen LogP contribution >= 0.6 is 11.5 Å². The molecule has 0 saturated heterocycles. The van der Waals surface area contributed by atoms with E-state index >= 15 is 0 Å². The van der Waals surface area contributed by atoms with E-state index in [0.29, 0.717) is 21.8 Å². The Kier molecular flexibility index (Phi) is 3.26. The van der Waals surface area contributed by atoms with Gasteiger partial charge in [-0.05, 0) is 42.7 Å². The molecule has 90 valence electrons. The number of aromatic nitrogens is 1. The topological polar surface area (TPSA) is 91.8 Å². The fourth-order valence-electron chi connectivity index (χ4n) is 1.44. The molecule has 0 aliphatic carbocycles. The van der Waals surface area contributed by atoms with E-state index in [1.807, 2.05) is 0 Å². The van der Waals surface area contributed by atoms with Gasteiger partial charge in [0.05, 0.1) is 5.69 Å². The van der Waals surface area contributed by atoms with Gasteiger partial charge in [-0.2, -0.15) is 9.64 Å². The van der Waals surface area contributed by atoms with Crippen LogP contribution in [-0.2, 0) is 0 Å². The number of nitrogens with zero attached hydrogens (tertiary/aromatic N) is 2. The molecule has 1 aromatic heterocycles. The molecule has 1 aromatic carbocycles. The van der Waals surface area contributed by atoms with E-state index in [1.165, 1.54) is 11.5 Å². The number of nitrogens with two attached hydrogens (primary N) is 1. The minimum atomic E-state index is -0.465. The van der Waals surface area contributed by atoms with E-state index in [4.69, 9.17) is 11.0 Å². The Morgan fingerprint density at radius 2 is 2.11 bits per heavy atom. The number of carbonyl (C=O) groups excluding carboxylic acids is 1. The Balaban J connectivity index is 2.24. The fourth-order valence-corrected chi connectivity index (χ4v) is 2.20. The predicted octanol–water partition coefficient (Wildman–Crippen LogP) is 2.17. The van der Waals surface area contributed by atoms with Crippen molar-refractivity contribution >= 4 is 28.1 Å². The molecule has 0 spiro atoms. The summed E-state index contributed by atoms with van der Waals surface area (Å²) in [6.07, 6.45) is 0. The van der Waals surface area contributed by atoms with E-state index in [-0.39, 0.29) is 0 Å². The summed E-state index contributed by atoms with van der Waals surface area (Å²) in [6, 6.07) is 8.83. The molecule has 2 rings (SSSR count). The Bertz CT molecular complexity index is 625. The van der Waals surface area contributed by atoms with E-state index in [9.17, 15) is 4.79 Å². The summed E-state index contributed by atoms with van der Waals surface area (Å²) >= 11 is 1.23. The maximum absolute atomic E-state index is 10.9. The Labute approximate surface area is 108 Å². The third-order valence-corrected chi connectivity index (χ3v) is 3.26. The molecule has 2 aromatic rings. The van der Waals surface area contributed by atoms with Gasteiger partial charge in [0.15, 0.2) is 0 Å². The van der Waals surface area contributed by atoms with Gasteiger partial charge in [0, 0.05) is 11.3 Å². The highest BCUT2D eigenvalue weighted by atomic mass is 32.1. The van der Waals surface area contributed by atoms with Crippen molar-refractivity contribution in [1.82, 2.24) is 4.37 Å². The molecule has 0 radical (unpaired) electrons. The number of hydrogen-bond acceptors (Lipinski definition) is 5. The molecule has 1 heterocycles. The average molecular weight is 258 g/mol. The highest BCUT2D eigenvalue weighted by Gasteiger charge is 2.10. The summed E-state index contributed by atoms with van der Waals surface area (Å²) in [5.41, 5.74) is 7.63. The van der Waals surface area contributed by atoms with Crippen LogP contribution in [0, 0.1) is 18.3 Å². The van der Waals surface area contributed by atoms with Gasteiger partial charge in [0.2, 0.25) is 5.91 Å². The lowest BCUT2D eigenvalue weighted by Crippen LogP contribution is -2.10. The summed E-state index contributed by atoms with van der Waals surface area (Å²) in [7, 11) is 0. The molecule has 0 fully saturated rings. The molecule has 3 N–H and O–H groups in total. The van der Waals surface area contributed by atoms with Crippen molar-refractivity contribution in [2.45, 2.75) is 6.92 Å². The smallest absolute Gasteiger partial charge is 0.248 e. The Morgan fingerprint density at radius 3 is 2.67 bits per heavy atom. The van der Waals surface area contributed by atoms with Gasteiger partial charge in [-0.1, -0.05) is 0 Å². The van der Waals surface area contributed by atoms with Crippen LogP contribution in [0.15, 0.2) is 24.3 Å². The van der Waals surface area contributed by atoms with Crippen molar-refractivity contribution in [3.63, 3.8) is 0 Å². The molecule has 0 atom stereocenters. The number of carbonyl (C=O) groups is 1. The van der Waals surface area contributed by atoms with Crippen molar-refractivity contribution in [1.29, 1.82) is 5.26 Å². The van der Waals surface area contributed by atoms with Crippen LogP contribution in [0.3, 0.4) is 0 Å². The van der Waals surface area contributed by atoms with Gasteiger partial charge in [0.25, 0.3) is 0 Å². The first kappa shape index (κ1) is 12.1. The molecule has 0 saturated carbocycles. The molecule has 1 amide bonds. The maximum Gasteiger partial charge on any atom is 0.248 e. The van der Waals surface area contributed by atoms with Crippen LogP contribution in [0.1, 0.15) is 21.6 Å². The first-order valence-corrected chi connectivity index (χ1v) is 5.92. The van der Waals surface area contributed by atoms with E-state index < -0.39 is 5.91 Å². The lowest BCUT2D eigenvalue weighted by molar-refractivity contribution is 0.100. The number of amides is 1. The monoisotopic (exact) mass is 258 g/mol. The second-order valence-electron chi connectivity index (χ2n) is 3.65. The van der Waals surface area contributed by atoms with Gasteiger partial charge < -0.3 is 11.1 Å². The number of aryl methyl sites for hydroxylation is 1. The third kappa shape index (κ3) is 2.31. The first-order chi connectivity index (χ1) is 8.61. The van der Waals surface area contributed by atoms with Crippen LogP contribution < -0.4 is 11.1 Å². The zero-order valence-electron chi connectivity index (χ0n) is 9.60. The van der Waals surface area contributed by atoms with Gasteiger partial charge in [-0.3, -0.25) is 4.79 Å². The van der Waals surface area contributed by atoms with Crippen LogP contribution in [0.5, 0.6) is 0 Å². The maximum atomic E-state index is 10.9. The average Bonchev–Trinajstić information content (AvgIpc) is 2.70. The summed E-state index contributed by atoms with van der Waals surface area (Å²) in [5.74, 6) is -0.465. The number of benzene rings is 1. The van der Waals surface area contributed by atoms with Crippen molar-refractivity contribution in [3.8, 4) is 6.07 Å². The summed E-state index contributed by atoms with van der Waals surface area (Å²) in [6.45, 7) is 1.79. The zero-order valence-corrected chi connectivity index (χ0v) is 10.4. The van der Waals surface area contributed by atoms with E-state index in [2.05, 4.69) is 15.8 Å². The van der Waals surface area contributed by atoms with Crippen LogP contribution in [0.2, 0.25) is 0 Å². The normalized spacial score (nSPS) is 9.78. The Morgan fingerprint density at radius 1 is 1.44 bits per heavy atom. The fraction of sp³-hybridized carbons (Fsp3) is 0.0833. The molecule has 0 aliphatic heterocycles. The second kappa shape index (κ2) is 4.85. The largest absolute Gasteiger partial charge is 0.366 e. The SMILES string of the molecule is Cc1nsc(Nc2ccc(C(N)=O)cc2)c1C#N. The van der Waals surface area contributed by atoms with Crippen molar-refractivity contribution in [2.24, 2.45) is 5.73 Å². The van der Waals surface area contributed by atoms with Gasteiger partial charge in [-0.25, -0.2) is 0 Å². The molecule has 0 bridgehead atoms. The van der Waals surface area contributed by atoms with Gasteiger partial charge in [-0.15, -0.1) is 0 Å². The van der Waals surface area contributed by atoms with Gasteiger partial charge in [0.1, 0.15) is 16.6 Å². The lowest BCUT2D eigenvalue weighted by atomic mass is 10.2. The second-order valence-corrected chi connectivity index (χ2v) is 4.42. The number of hydrogen-bond donors (Lipinski definition) is 2.